The third kappa shape index (κ3) is 2.49. The van der Waals surface area contributed by atoms with E-state index in [0.717, 1.165) is 16.7 Å². The van der Waals surface area contributed by atoms with Gasteiger partial charge in [-0.3, -0.25) is 0 Å². The van der Waals surface area contributed by atoms with Gasteiger partial charge in [0.25, 0.3) is 0 Å². The Kier molecular flexibility index (Phi) is 3.46. The molecule has 0 N–H and O–H groups in total. The molecule has 0 spiro atoms. The highest BCUT2D eigenvalue weighted by atomic mass is 19.1. The minimum absolute atomic E-state index is 0.0573. The van der Waals surface area contributed by atoms with Gasteiger partial charge in [0.05, 0.1) is 0 Å². The lowest BCUT2D eigenvalue weighted by atomic mass is 9.85. The number of hydrogen-bond acceptors (Lipinski definition) is 0. The third-order valence-electron chi connectivity index (χ3n) is 3.11. The molecule has 89 valence electrons. The molecule has 1 radical (unpaired) electrons. The third-order valence-corrected chi connectivity index (χ3v) is 3.11. The smallest absolute Gasteiger partial charge is 0.123 e. The molecule has 17 heavy (non-hydrogen) atoms. The van der Waals surface area contributed by atoms with Gasteiger partial charge in [0.1, 0.15) is 5.83 Å². The lowest BCUT2D eigenvalue weighted by Crippen LogP contribution is -2.05. The van der Waals surface area contributed by atoms with Crippen molar-refractivity contribution in [3.8, 4) is 0 Å². The molecule has 0 heterocycles. The van der Waals surface area contributed by atoms with Gasteiger partial charge in [-0.15, -0.1) is 0 Å². The van der Waals surface area contributed by atoms with Gasteiger partial charge >= 0.3 is 0 Å². The van der Waals surface area contributed by atoms with Crippen LogP contribution in [0.3, 0.4) is 0 Å². The molecule has 2 rings (SSSR count). The largest absolute Gasteiger partial charge is 0.207 e. The van der Waals surface area contributed by atoms with Gasteiger partial charge in [-0.05, 0) is 48.5 Å². The normalized spacial score (nSPS) is 16.4. The van der Waals surface area contributed by atoms with Crippen molar-refractivity contribution in [1.29, 1.82) is 0 Å². The highest BCUT2D eigenvalue weighted by Crippen LogP contribution is 2.36. The summed E-state index contributed by atoms with van der Waals surface area (Å²) in [4.78, 5) is 0. The first-order chi connectivity index (χ1) is 8.09. The number of allylic oxidation sites excluding steroid dienone is 4. The molecule has 0 atom stereocenters. The first kappa shape index (κ1) is 12.1. The van der Waals surface area contributed by atoms with E-state index in [2.05, 4.69) is 37.6 Å². The molecule has 0 unspecified atom stereocenters. The first-order valence-electron chi connectivity index (χ1n) is 6.10. The van der Waals surface area contributed by atoms with Crippen LogP contribution in [0.2, 0.25) is 0 Å². The van der Waals surface area contributed by atoms with Gasteiger partial charge in [-0.25, -0.2) is 4.39 Å². The average molecular weight is 229 g/mol. The van der Waals surface area contributed by atoms with E-state index in [4.69, 9.17) is 0 Å². The minimum atomic E-state index is -0.0573. The Morgan fingerprint density at radius 1 is 1.12 bits per heavy atom. The van der Waals surface area contributed by atoms with Crippen LogP contribution in [0.25, 0.3) is 5.57 Å². The van der Waals surface area contributed by atoms with Crippen molar-refractivity contribution in [2.75, 3.05) is 0 Å². The summed E-state index contributed by atoms with van der Waals surface area (Å²) in [5.74, 6) is 0.150. The summed E-state index contributed by atoms with van der Waals surface area (Å²) >= 11 is 0. The van der Waals surface area contributed by atoms with Gasteiger partial charge in [0, 0.05) is 0 Å². The number of rotatable bonds is 2. The van der Waals surface area contributed by atoms with Crippen molar-refractivity contribution in [2.24, 2.45) is 5.92 Å². The summed E-state index contributed by atoms with van der Waals surface area (Å²) in [6, 6.07) is 8.29. The molecule has 1 heteroatoms. The van der Waals surface area contributed by atoms with Gasteiger partial charge < -0.3 is 0 Å². The lowest BCUT2D eigenvalue weighted by molar-refractivity contribution is 0.602. The SMILES string of the molecule is Cc1ccc(C2=C(C(C)C)C(F)=CC[CH]2)cc1. The van der Waals surface area contributed by atoms with Crippen LogP contribution >= 0.6 is 0 Å². The van der Waals surface area contributed by atoms with Crippen LogP contribution in [-0.2, 0) is 0 Å². The summed E-state index contributed by atoms with van der Waals surface area (Å²) in [5, 5.41) is 0. The minimum Gasteiger partial charge on any atom is -0.207 e. The van der Waals surface area contributed by atoms with Crippen LogP contribution in [0.15, 0.2) is 41.7 Å². The van der Waals surface area contributed by atoms with Gasteiger partial charge in [0.15, 0.2) is 0 Å². The molecule has 0 nitrogen and oxygen atoms in total. The average Bonchev–Trinajstić information content (AvgIpc) is 2.29. The summed E-state index contributed by atoms with van der Waals surface area (Å²) in [6.07, 6.45) is 4.46. The predicted molar refractivity (Wildman–Crippen MR) is 71.0 cm³/mol. The molecule has 0 amide bonds. The molecule has 1 aromatic rings. The van der Waals surface area contributed by atoms with E-state index >= 15 is 0 Å². The second-order valence-electron chi connectivity index (χ2n) is 4.84. The molecule has 0 saturated carbocycles. The predicted octanol–water partition coefficient (Wildman–Crippen LogP) is 4.87. The number of halogens is 1. The van der Waals surface area contributed by atoms with Crippen molar-refractivity contribution < 1.29 is 4.39 Å². The van der Waals surface area contributed by atoms with Gasteiger partial charge in [-0.2, -0.15) is 0 Å². The fourth-order valence-electron chi connectivity index (χ4n) is 2.22. The van der Waals surface area contributed by atoms with Crippen LogP contribution in [0.4, 0.5) is 4.39 Å². The van der Waals surface area contributed by atoms with Crippen LogP contribution in [0.1, 0.15) is 31.4 Å². The van der Waals surface area contributed by atoms with Crippen molar-refractivity contribution >= 4 is 5.57 Å². The fraction of sp³-hybridized carbons (Fsp3) is 0.312. The zero-order valence-corrected chi connectivity index (χ0v) is 10.6. The number of hydrogen-bond donors (Lipinski definition) is 0. The van der Waals surface area contributed by atoms with E-state index in [1.54, 1.807) is 6.08 Å². The lowest BCUT2D eigenvalue weighted by Gasteiger charge is -2.21. The van der Waals surface area contributed by atoms with Crippen molar-refractivity contribution in [1.82, 2.24) is 0 Å². The van der Waals surface area contributed by atoms with E-state index < -0.39 is 0 Å². The quantitative estimate of drug-likeness (QED) is 0.679. The zero-order chi connectivity index (χ0) is 12.4. The molecular weight excluding hydrogens is 211 g/mol. The van der Waals surface area contributed by atoms with Gasteiger partial charge in [-0.1, -0.05) is 43.7 Å². The summed E-state index contributed by atoms with van der Waals surface area (Å²) < 4.78 is 13.9. The van der Waals surface area contributed by atoms with Crippen LogP contribution < -0.4 is 0 Å². The first-order valence-corrected chi connectivity index (χ1v) is 6.10. The molecule has 1 aliphatic carbocycles. The van der Waals surface area contributed by atoms with Crippen molar-refractivity contribution in [3.05, 3.63) is 59.3 Å². The highest BCUT2D eigenvalue weighted by Gasteiger charge is 2.19. The van der Waals surface area contributed by atoms with Crippen LogP contribution in [-0.4, -0.2) is 0 Å². The molecule has 0 fully saturated rings. The standard InChI is InChI=1S/C16H18F/c1-11(2)16-14(5-4-6-15(16)17)13-9-7-12(3)8-10-13/h5-11H,4H2,1-3H3. The molecule has 0 bridgehead atoms. The summed E-state index contributed by atoms with van der Waals surface area (Å²) in [5.41, 5.74) is 4.23. The number of aryl methyl sites for hydroxylation is 1. The molecule has 0 aromatic heterocycles. The van der Waals surface area contributed by atoms with Gasteiger partial charge in [0.2, 0.25) is 0 Å². The second kappa shape index (κ2) is 4.87. The summed E-state index contributed by atoms with van der Waals surface area (Å²) in [7, 11) is 0. The highest BCUT2D eigenvalue weighted by molar-refractivity contribution is 5.79. The fourth-order valence-corrected chi connectivity index (χ4v) is 2.22. The zero-order valence-electron chi connectivity index (χ0n) is 10.6. The number of benzene rings is 1. The van der Waals surface area contributed by atoms with E-state index in [9.17, 15) is 4.39 Å². The second-order valence-corrected chi connectivity index (χ2v) is 4.84. The maximum absolute atomic E-state index is 13.9. The molecule has 1 aromatic carbocycles. The van der Waals surface area contributed by atoms with E-state index in [1.807, 2.05) is 13.8 Å². The Hall–Kier alpha value is -1.37. The van der Waals surface area contributed by atoms with E-state index in [-0.39, 0.29) is 11.7 Å². The van der Waals surface area contributed by atoms with Crippen LogP contribution in [0, 0.1) is 19.3 Å². The Balaban J connectivity index is 2.50. The molecular formula is C16H18F. The Bertz CT molecular complexity index is 461. The Labute approximate surface area is 103 Å². The maximum Gasteiger partial charge on any atom is 0.123 e. The van der Waals surface area contributed by atoms with Crippen molar-refractivity contribution in [2.45, 2.75) is 27.2 Å². The van der Waals surface area contributed by atoms with Crippen molar-refractivity contribution in [3.63, 3.8) is 0 Å². The maximum atomic E-state index is 13.9. The van der Waals surface area contributed by atoms with Crippen LogP contribution in [0.5, 0.6) is 0 Å². The molecule has 0 saturated heterocycles. The van der Waals surface area contributed by atoms with E-state index in [1.165, 1.54) is 5.56 Å². The topological polar surface area (TPSA) is 0 Å². The molecule has 1 aliphatic rings. The molecule has 0 aliphatic heterocycles. The Morgan fingerprint density at radius 2 is 1.76 bits per heavy atom. The monoisotopic (exact) mass is 229 g/mol. The summed E-state index contributed by atoms with van der Waals surface area (Å²) in [6.45, 7) is 6.14. The van der Waals surface area contributed by atoms with E-state index in [0.29, 0.717) is 6.42 Å². The Morgan fingerprint density at radius 3 is 2.35 bits per heavy atom.